The molecule has 7 N–H and O–H groups in total. The van der Waals surface area contributed by atoms with Gasteiger partial charge in [-0.3, -0.25) is 4.79 Å². The van der Waals surface area contributed by atoms with Crippen LogP contribution < -0.4 is 37.1 Å². The van der Waals surface area contributed by atoms with Crippen LogP contribution in [0, 0.1) is 0 Å². The van der Waals surface area contributed by atoms with Gasteiger partial charge in [0.25, 0.3) is 5.91 Å². The van der Waals surface area contributed by atoms with Crippen molar-refractivity contribution in [1.29, 1.82) is 0 Å². The number of likely N-dealkylation sites (N-methyl/N-ethyl adjacent to an activating group) is 1. The van der Waals surface area contributed by atoms with Crippen molar-refractivity contribution >= 4 is 5.91 Å². The molecule has 0 spiro atoms. The normalized spacial score (nSPS) is 10.9. The Balaban J connectivity index is 2.05. The standard InChI is InChI=1S/C22H42N6O2/c1-24-11-12-25-13-14-26-15-16-27-17-18-30-21-8-6-7-20(19-21)22(29)28-10-5-3-2-4-9-23/h6-8,19,24-27H,2-5,9-18,23H2,1H3,(H,28,29). The Morgan fingerprint density at radius 2 is 1.53 bits per heavy atom. The van der Waals surface area contributed by atoms with Crippen LogP contribution in [-0.2, 0) is 0 Å². The van der Waals surface area contributed by atoms with Gasteiger partial charge in [0.15, 0.2) is 0 Å². The number of nitrogens with two attached hydrogens (primary N) is 1. The van der Waals surface area contributed by atoms with Crippen LogP contribution in [0.1, 0.15) is 36.0 Å². The van der Waals surface area contributed by atoms with Crippen molar-refractivity contribution in [1.82, 2.24) is 26.6 Å². The first-order valence-corrected chi connectivity index (χ1v) is 11.3. The molecule has 0 bridgehead atoms. The van der Waals surface area contributed by atoms with Crippen molar-refractivity contribution in [3.8, 4) is 5.75 Å². The number of hydrogen-bond donors (Lipinski definition) is 6. The Kier molecular flexibility index (Phi) is 16.9. The summed E-state index contributed by atoms with van der Waals surface area (Å²) in [5.74, 6) is 0.669. The van der Waals surface area contributed by atoms with E-state index in [0.29, 0.717) is 18.7 Å². The number of unbranched alkanes of at least 4 members (excludes halogenated alkanes) is 3. The molecule has 0 aliphatic heterocycles. The Bertz CT molecular complexity index is 544. The van der Waals surface area contributed by atoms with Gasteiger partial charge in [0, 0.05) is 57.9 Å². The summed E-state index contributed by atoms with van der Waals surface area (Å²) < 4.78 is 5.76. The van der Waals surface area contributed by atoms with Gasteiger partial charge >= 0.3 is 0 Å². The molecule has 0 unspecified atom stereocenters. The highest BCUT2D eigenvalue weighted by atomic mass is 16.5. The Labute approximate surface area is 182 Å². The van der Waals surface area contributed by atoms with Gasteiger partial charge in [0.2, 0.25) is 0 Å². The monoisotopic (exact) mass is 422 g/mol. The molecule has 0 aliphatic rings. The van der Waals surface area contributed by atoms with E-state index in [1.807, 2.05) is 25.2 Å². The van der Waals surface area contributed by atoms with Crippen LogP contribution in [0.25, 0.3) is 0 Å². The second-order valence-corrected chi connectivity index (χ2v) is 7.19. The Morgan fingerprint density at radius 3 is 2.23 bits per heavy atom. The minimum absolute atomic E-state index is 0.0519. The van der Waals surface area contributed by atoms with E-state index in [1.54, 1.807) is 6.07 Å². The number of benzene rings is 1. The fourth-order valence-electron chi connectivity index (χ4n) is 2.84. The highest BCUT2D eigenvalue weighted by Gasteiger charge is 2.06. The molecule has 30 heavy (non-hydrogen) atoms. The molecule has 0 aromatic heterocycles. The lowest BCUT2D eigenvalue weighted by atomic mass is 10.1. The molecule has 0 fully saturated rings. The largest absolute Gasteiger partial charge is 0.492 e. The molecule has 1 rings (SSSR count). The highest BCUT2D eigenvalue weighted by molar-refractivity contribution is 5.94. The zero-order chi connectivity index (χ0) is 21.7. The Morgan fingerprint density at radius 1 is 0.867 bits per heavy atom. The molecule has 0 saturated carbocycles. The number of hydrogen-bond acceptors (Lipinski definition) is 7. The lowest BCUT2D eigenvalue weighted by molar-refractivity contribution is 0.0952. The minimum atomic E-state index is -0.0519. The summed E-state index contributed by atoms with van der Waals surface area (Å²) in [4.78, 5) is 12.2. The van der Waals surface area contributed by atoms with E-state index in [1.165, 1.54) is 0 Å². The van der Waals surface area contributed by atoms with Gasteiger partial charge in [-0.25, -0.2) is 0 Å². The van der Waals surface area contributed by atoms with Crippen molar-refractivity contribution < 1.29 is 9.53 Å². The summed E-state index contributed by atoms with van der Waals surface area (Å²) in [5, 5.41) is 16.2. The number of carbonyl (C=O) groups is 1. The predicted octanol–water partition coefficient (Wildman–Crippen LogP) is 0.303. The van der Waals surface area contributed by atoms with Crippen LogP contribution in [0.4, 0.5) is 0 Å². The zero-order valence-corrected chi connectivity index (χ0v) is 18.6. The van der Waals surface area contributed by atoms with E-state index < -0.39 is 0 Å². The molecule has 1 aromatic rings. The van der Waals surface area contributed by atoms with E-state index in [2.05, 4.69) is 26.6 Å². The van der Waals surface area contributed by atoms with Crippen LogP contribution in [0.3, 0.4) is 0 Å². The van der Waals surface area contributed by atoms with Gasteiger partial charge in [-0.05, 0) is 44.6 Å². The third-order valence-corrected chi connectivity index (χ3v) is 4.57. The van der Waals surface area contributed by atoms with Crippen LogP contribution in [0.5, 0.6) is 5.75 Å². The van der Waals surface area contributed by atoms with Crippen LogP contribution in [0.15, 0.2) is 24.3 Å². The predicted molar refractivity (Wildman–Crippen MR) is 124 cm³/mol. The van der Waals surface area contributed by atoms with Crippen LogP contribution in [-0.4, -0.2) is 78.5 Å². The first-order valence-electron chi connectivity index (χ1n) is 11.3. The number of amides is 1. The minimum Gasteiger partial charge on any atom is -0.492 e. The maximum atomic E-state index is 12.2. The summed E-state index contributed by atoms with van der Waals surface area (Å²) in [7, 11) is 1.96. The molecule has 0 saturated heterocycles. The SMILES string of the molecule is CNCCNCCNCCNCCOc1cccc(C(=O)NCCCCCCN)c1. The summed E-state index contributed by atoms with van der Waals surface area (Å²) in [6.07, 6.45) is 4.24. The van der Waals surface area contributed by atoms with Gasteiger partial charge in [0.05, 0.1) is 0 Å². The highest BCUT2D eigenvalue weighted by Crippen LogP contribution is 2.13. The fourth-order valence-corrected chi connectivity index (χ4v) is 2.84. The van der Waals surface area contributed by atoms with E-state index >= 15 is 0 Å². The number of rotatable bonds is 20. The van der Waals surface area contributed by atoms with E-state index in [4.69, 9.17) is 10.5 Å². The number of carbonyl (C=O) groups excluding carboxylic acids is 1. The van der Waals surface area contributed by atoms with Gasteiger partial charge in [0.1, 0.15) is 12.4 Å². The van der Waals surface area contributed by atoms with E-state index in [-0.39, 0.29) is 5.91 Å². The summed E-state index contributed by atoms with van der Waals surface area (Å²) >= 11 is 0. The quantitative estimate of drug-likeness (QED) is 0.168. The van der Waals surface area contributed by atoms with Gasteiger partial charge in [-0.15, -0.1) is 0 Å². The molecule has 1 aromatic carbocycles. The number of nitrogens with one attached hydrogen (secondary N) is 5. The molecule has 0 heterocycles. The average Bonchev–Trinajstić information content (AvgIpc) is 2.77. The first kappa shape index (κ1) is 26.3. The molecule has 8 heteroatoms. The van der Waals surface area contributed by atoms with Gasteiger partial charge in [-0.2, -0.15) is 0 Å². The molecule has 8 nitrogen and oxygen atoms in total. The lowest BCUT2D eigenvalue weighted by Gasteiger charge is -2.10. The van der Waals surface area contributed by atoms with E-state index in [0.717, 1.165) is 83.8 Å². The van der Waals surface area contributed by atoms with Gasteiger partial charge < -0.3 is 37.1 Å². The zero-order valence-electron chi connectivity index (χ0n) is 18.6. The number of ether oxygens (including phenoxy) is 1. The van der Waals surface area contributed by atoms with Crippen molar-refractivity contribution in [2.45, 2.75) is 25.7 Å². The lowest BCUT2D eigenvalue weighted by Crippen LogP contribution is -2.35. The van der Waals surface area contributed by atoms with Crippen molar-refractivity contribution in [2.75, 3.05) is 72.6 Å². The van der Waals surface area contributed by atoms with Gasteiger partial charge in [-0.1, -0.05) is 18.9 Å². The summed E-state index contributed by atoms with van der Waals surface area (Å²) in [5.41, 5.74) is 6.12. The van der Waals surface area contributed by atoms with Crippen LogP contribution in [0.2, 0.25) is 0 Å². The fraction of sp³-hybridized carbons (Fsp3) is 0.682. The van der Waals surface area contributed by atoms with E-state index in [9.17, 15) is 4.79 Å². The molecular formula is C22H42N6O2. The Hall–Kier alpha value is -1.71. The smallest absolute Gasteiger partial charge is 0.251 e. The first-order chi connectivity index (χ1) is 14.8. The third-order valence-electron chi connectivity index (χ3n) is 4.57. The molecule has 172 valence electrons. The molecule has 0 atom stereocenters. The molecule has 0 radical (unpaired) electrons. The second kappa shape index (κ2) is 19.3. The summed E-state index contributed by atoms with van der Waals surface area (Å²) in [6, 6.07) is 7.35. The van der Waals surface area contributed by atoms with Crippen molar-refractivity contribution in [3.63, 3.8) is 0 Å². The molecular weight excluding hydrogens is 380 g/mol. The topological polar surface area (TPSA) is 112 Å². The third kappa shape index (κ3) is 14.3. The van der Waals surface area contributed by atoms with Crippen molar-refractivity contribution in [3.05, 3.63) is 29.8 Å². The average molecular weight is 423 g/mol. The molecule has 0 aliphatic carbocycles. The summed E-state index contributed by atoms with van der Waals surface area (Å²) in [6.45, 7) is 8.51. The second-order valence-electron chi connectivity index (χ2n) is 7.19. The van der Waals surface area contributed by atoms with Crippen LogP contribution >= 0.6 is 0 Å². The maximum absolute atomic E-state index is 12.2. The maximum Gasteiger partial charge on any atom is 0.251 e. The molecule has 1 amide bonds. The van der Waals surface area contributed by atoms with Crippen molar-refractivity contribution in [2.24, 2.45) is 5.73 Å².